The summed E-state index contributed by atoms with van der Waals surface area (Å²) in [5.41, 5.74) is 3.54. The Bertz CT molecular complexity index is 502. The van der Waals surface area contributed by atoms with Crippen molar-refractivity contribution in [3.8, 4) is 0 Å². The zero-order valence-corrected chi connectivity index (χ0v) is 12.1. The number of rotatable bonds is 4. The Morgan fingerprint density at radius 3 is 2.33 bits per heavy atom. The molecule has 0 aliphatic heterocycles. The van der Waals surface area contributed by atoms with Crippen molar-refractivity contribution in [3.05, 3.63) is 45.9 Å². The highest BCUT2D eigenvalue weighted by molar-refractivity contribution is 7.09. The highest BCUT2D eigenvalue weighted by Crippen LogP contribution is 2.26. The van der Waals surface area contributed by atoms with E-state index in [1.54, 1.807) is 11.3 Å². The molecule has 0 fully saturated rings. The molecule has 0 spiro atoms. The number of benzene rings is 1. The number of aromatic nitrogens is 1. The molecule has 0 aliphatic carbocycles. The summed E-state index contributed by atoms with van der Waals surface area (Å²) in [6, 6.07) is 8.78. The standard InChI is InChI=1S/C14H19N3S/c1-10-9-18-14(16-10)13(15-2)11-5-7-12(8-6-11)17(3)4/h5-9,13,15H,1-4H3. The summed E-state index contributed by atoms with van der Waals surface area (Å²) in [5, 5.41) is 6.54. The third kappa shape index (κ3) is 2.71. The molecule has 4 heteroatoms. The minimum atomic E-state index is 0.180. The molecule has 1 unspecified atom stereocenters. The molecule has 0 radical (unpaired) electrons. The van der Waals surface area contributed by atoms with Crippen LogP contribution >= 0.6 is 11.3 Å². The van der Waals surface area contributed by atoms with Gasteiger partial charge in [0.2, 0.25) is 0 Å². The van der Waals surface area contributed by atoms with Gasteiger partial charge in [0.1, 0.15) is 5.01 Å². The van der Waals surface area contributed by atoms with E-state index in [9.17, 15) is 0 Å². The second-order valence-electron chi connectivity index (χ2n) is 4.53. The molecule has 2 aromatic rings. The molecule has 96 valence electrons. The predicted molar refractivity (Wildman–Crippen MR) is 78.5 cm³/mol. The van der Waals surface area contributed by atoms with E-state index in [1.165, 1.54) is 11.3 Å². The summed E-state index contributed by atoms with van der Waals surface area (Å²) in [5.74, 6) is 0. The first-order valence-corrected chi connectivity index (χ1v) is 6.86. The van der Waals surface area contributed by atoms with Gasteiger partial charge in [0.15, 0.2) is 0 Å². The summed E-state index contributed by atoms with van der Waals surface area (Å²) in [6.07, 6.45) is 0. The van der Waals surface area contributed by atoms with Gasteiger partial charge >= 0.3 is 0 Å². The van der Waals surface area contributed by atoms with Gasteiger partial charge in [-0.25, -0.2) is 4.98 Å². The lowest BCUT2D eigenvalue weighted by molar-refractivity contribution is 0.685. The molecular formula is C14H19N3S. The Balaban J connectivity index is 2.28. The van der Waals surface area contributed by atoms with Crippen LogP contribution in [0.2, 0.25) is 0 Å². The number of nitrogens with one attached hydrogen (secondary N) is 1. The van der Waals surface area contributed by atoms with Crippen LogP contribution in [0.3, 0.4) is 0 Å². The van der Waals surface area contributed by atoms with Gasteiger partial charge in [-0.15, -0.1) is 11.3 Å². The molecule has 0 amide bonds. The van der Waals surface area contributed by atoms with E-state index < -0.39 is 0 Å². The Labute approximate surface area is 112 Å². The monoisotopic (exact) mass is 261 g/mol. The highest BCUT2D eigenvalue weighted by atomic mass is 32.1. The zero-order chi connectivity index (χ0) is 13.1. The topological polar surface area (TPSA) is 28.2 Å². The van der Waals surface area contributed by atoms with Gasteiger partial charge in [0.25, 0.3) is 0 Å². The fourth-order valence-electron chi connectivity index (χ4n) is 1.90. The van der Waals surface area contributed by atoms with Crippen LogP contribution < -0.4 is 10.2 Å². The molecular weight excluding hydrogens is 242 g/mol. The maximum Gasteiger partial charge on any atom is 0.114 e. The van der Waals surface area contributed by atoms with E-state index in [4.69, 9.17) is 0 Å². The number of hydrogen-bond donors (Lipinski definition) is 1. The normalized spacial score (nSPS) is 12.4. The van der Waals surface area contributed by atoms with Crippen LogP contribution in [0.15, 0.2) is 29.6 Å². The first kappa shape index (κ1) is 13.1. The second-order valence-corrected chi connectivity index (χ2v) is 5.42. The molecule has 3 nitrogen and oxygen atoms in total. The van der Waals surface area contributed by atoms with E-state index in [1.807, 2.05) is 14.0 Å². The summed E-state index contributed by atoms with van der Waals surface area (Å²) in [6.45, 7) is 2.03. The van der Waals surface area contributed by atoms with Gasteiger partial charge in [-0.3, -0.25) is 0 Å². The van der Waals surface area contributed by atoms with Crippen molar-refractivity contribution >= 4 is 17.0 Å². The molecule has 1 aromatic heterocycles. The SMILES string of the molecule is CNC(c1ccc(N(C)C)cc1)c1nc(C)cs1. The molecule has 18 heavy (non-hydrogen) atoms. The smallest absolute Gasteiger partial charge is 0.114 e. The number of aryl methyl sites for hydroxylation is 1. The molecule has 0 saturated heterocycles. The van der Waals surface area contributed by atoms with Crippen LogP contribution in [-0.4, -0.2) is 26.1 Å². The Morgan fingerprint density at radius 1 is 1.22 bits per heavy atom. The van der Waals surface area contributed by atoms with E-state index in [2.05, 4.69) is 58.9 Å². The van der Waals surface area contributed by atoms with Crippen LogP contribution in [0.5, 0.6) is 0 Å². The molecule has 0 saturated carbocycles. The summed E-state index contributed by atoms with van der Waals surface area (Å²) in [7, 11) is 6.07. The Kier molecular flexibility index (Phi) is 3.99. The minimum Gasteiger partial charge on any atom is -0.378 e. The summed E-state index contributed by atoms with van der Waals surface area (Å²) >= 11 is 1.70. The van der Waals surface area contributed by atoms with Crippen LogP contribution in [0.25, 0.3) is 0 Å². The van der Waals surface area contributed by atoms with Gasteiger partial charge in [0, 0.05) is 30.9 Å². The number of hydrogen-bond acceptors (Lipinski definition) is 4. The lowest BCUT2D eigenvalue weighted by atomic mass is 10.1. The molecule has 1 N–H and O–H groups in total. The summed E-state index contributed by atoms with van der Waals surface area (Å²) in [4.78, 5) is 6.66. The first-order valence-electron chi connectivity index (χ1n) is 5.98. The Hall–Kier alpha value is -1.39. The third-order valence-corrected chi connectivity index (χ3v) is 3.94. The van der Waals surface area contributed by atoms with Crippen molar-refractivity contribution in [1.82, 2.24) is 10.3 Å². The van der Waals surface area contributed by atoms with Crippen molar-refractivity contribution in [2.24, 2.45) is 0 Å². The van der Waals surface area contributed by atoms with Crippen molar-refractivity contribution in [2.45, 2.75) is 13.0 Å². The maximum absolute atomic E-state index is 4.56. The van der Waals surface area contributed by atoms with Crippen LogP contribution in [0.4, 0.5) is 5.69 Å². The first-order chi connectivity index (χ1) is 8.61. The van der Waals surface area contributed by atoms with Crippen LogP contribution in [-0.2, 0) is 0 Å². The van der Waals surface area contributed by atoms with Gasteiger partial charge in [-0.05, 0) is 31.7 Å². The molecule has 2 rings (SSSR count). The average molecular weight is 261 g/mol. The highest BCUT2D eigenvalue weighted by Gasteiger charge is 2.15. The molecule has 0 aliphatic rings. The molecule has 1 atom stereocenters. The van der Waals surface area contributed by atoms with Gasteiger partial charge in [-0.1, -0.05) is 12.1 Å². The van der Waals surface area contributed by atoms with Crippen LogP contribution in [0.1, 0.15) is 22.3 Å². The lowest BCUT2D eigenvalue weighted by Crippen LogP contribution is -2.17. The quantitative estimate of drug-likeness (QED) is 0.917. The fraction of sp³-hybridized carbons (Fsp3) is 0.357. The summed E-state index contributed by atoms with van der Waals surface area (Å²) < 4.78 is 0. The van der Waals surface area contributed by atoms with E-state index in [0.29, 0.717) is 0 Å². The second kappa shape index (κ2) is 5.50. The van der Waals surface area contributed by atoms with E-state index in [-0.39, 0.29) is 6.04 Å². The number of anilines is 1. The maximum atomic E-state index is 4.56. The molecule has 0 bridgehead atoms. The molecule has 1 aromatic carbocycles. The van der Waals surface area contributed by atoms with Gasteiger partial charge in [0.05, 0.1) is 6.04 Å². The third-order valence-electron chi connectivity index (χ3n) is 2.92. The van der Waals surface area contributed by atoms with E-state index >= 15 is 0 Å². The minimum absolute atomic E-state index is 0.180. The van der Waals surface area contributed by atoms with Gasteiger partial charge in [-0.2, -0.15) is 0 Å². The number of nitrogens with zero attached hydrogens (tertiary/aromatic N) is 2. The lowest BCUT2D eigenvalue weighted by Gasteiger charge is -2.17. The van der Waals surface area contributed by atoms with Crippen LogP contribution in [0, 0.1) is 6.92 Å². The fourth-order valence-corrected chi connectivity index (χ4v) is 2.83. The predicted octanol–water partition coefficient (Wildman–Crippen LogP) is 2.83. The van der Waals surface area contributed by atoms with Crippen molar-refractivity contribution in [3.63, 3.8) is 0 Å². The number of thiazole rings is 1. The molecule has 1 heterocycles. The zero-order valence-electron chi connectivity index (χ0n) is 11.3. The Morgan fingerprint density at radius 2 is 1.89 bits per heavy atom. The van der Waals surface area contributed by atoms with E-state index in [0.717, 1.165) is 10.7 Å². The van der Waals surface area contributed by atoms with Crippen molar-refractivity contribution < 1.29 is 0 Å². The van der Waals surface area contributed by atoms with Crippen molar-refractivity contribution in [2.75, 3.05) is 26.0 Å². The average Bonchev–Trinajstić information content (AvgIpc) is 2.77. The van der Waals surface area contributed by atoms with Gasteiger partial charge < -0.3 is 10.2 Å². The largest absolute Gasteiger partial charge is 0.378 e. The van der Waals surface area contributed by atoms with Crippen molar-refractivity contribution in [1.29, 1.82) is 0 Å².